The number of ether oxygens (including phenoxy) is 4. The van der Waals surface area contributed by atoms with Gasteiger partial charge < -0.3 is 18.9 Å². The lowest BCUT2D eigenvalue weighted by Gasteiger charge is -2.31. The van der Waals surface area contributed by atoms with Gasteiger partial charge in [-0.05, 0) is 18.9 Å². The van der Waals surface area contributed by atoms with Crippen molar-refractivity contribution in [3.8, 4) is 0 Å². The normalized spacial score (nSPS) is 32.7. The molecular weight excluding hydrogens is 347 g/mol. The molecule has 1 aromatic carbocycles. The molecule has 4 nitrogen and oxygen atoms in total. The molecule has 2 heterocycles. The van der Waals surface area contributed by atoms with Gasteiger partial charge in [-0.15, -0.1) is 0 Å². The summed E-state index contributed by atoms with van der Waals surface area (Å²) in [4.78, 5) is 0. The van der Waals surface area contributed by atoms with E-state index < -0.39 is 12.1 Å². The van der Waals surface area contributed by atoms with Crippen molar-refractivity contribution in [1.29, 1.82) is 0 Å². The Labute approximate surface area is 162 Å². The van der Waals surface area contributed by atoms with Crippen LogP contribution in [-0.2, 0) is 25.6 Å². The van der Waals surface area contributed by atoms with Crippen molar-refractivity contribution >= 4 is 0 Å². The Kier molecular flexibility index (Phi) is 7.26. The molecule has 0 saturated carbocycles. The highest BCUT2D eigenvalue weighted by molar-refractivity contribution is 5.16. The lowest BCUT2D eigenvalue weighted by atomic mass is 10.0. The van der Waals surface area contributed by atoms with Gasteiger partial charge >= 0.3 is 0 Å². The summed E-state index contributed by atoms with van der Waals surface area (Å²) in [5.74, 6) is -0.816. The van der Waals surface area contributed by atoms with E-state index >= 15 is 0 Å². The molecule has 0 bridgehead atoms. The zero-order valence-electron chi connectivity index (χ0n) is 16.8. The molecule has 0 aromatic heterocycles. The van der Waals surface area contributed by atoms with Crippen LogP contribution in [0.2, 0.25) is 0 Å². The first-order chi connectivity index (χ1) is 13.1. The molecule has 0 radical (unpaired) electrons. The van der Waals surface area contributed by atoms with E-state index in [1.807, 2.05) is 6.07 Å². The zero-order chi connectivity index (χ0) is 19.3. The molecule has 0 amide bonds. The van der Waals surface area contributed by atoms with Crippen LogP contribution in [0.3, 0.4) is 0 Å². The fourth-order valence-corrected chi connectivity index (χ4v) is 4.11. The first kappa shape index (κ1) is 20.7. The van der Waals surface area contributed by atoms with Crippen molar-refractivity contribution in [3.63, 3.8) is 0 Å². The van der Waals surface area contributed by atoms with Crippen LogP contribution in [0.5, 0.6) is 0 Å². The van der Waals surface area contributed by atoms with Crippen molar-refractivity contribution < 1.29 is 23.3 Å². The number of benzene rings is 1. The van der Waals surface area contributed by atoms with Gasteiger partial charge in [0.25, 0.3) is 0 Å². The first-order valence-corrected chi connectivity index (χ1v) is 10.5. The zero-order valence-corrected chi connectivity index (χ0v) is 16.8. The van der Waals surface area contributed by atoms with Gasteiger partial charge in [0.2, 0.25) is 0 Å². The van der Waals surface area contributed by atoms with Crippen molar-refractivity contribution in [1.82, 2.24) is 0 Å². The van der Waals surface area contributed by atoms with Crippen LogP contribution in [0, 0.1) is 5.82 Å². The van der Waals surface area contributed by atoms with Crippen molar-refractivity contribution in [2.24, 2.45) is 0 Å². The molecule has 5 atom stereocenters. The Balaban J connectivity index is 1.71. The Bertz CT molecular complexity index is 595. The van der Waals surface area contributed by atoms with E-state index in [2.05, 4.69) is 20.8 Å². The monoisotopic (exact) mass is 380 g/mol. The standard InChI is InChI=1S/C22H33FO4/c1-4-7-14-22(13-6-3)26-20-19(18(10-5-2)25-21(20)27-22)24-15-16-11-8-9-12-17(16)23/h8-9,11-12,18-21H,4-7,10,13-15H2,1-3H3/t18-,19+,20-,21-,22?/m1/s1. The van der Waals surface area contributed by atoms with Crippen LogP contribution < -0.4 is 0 Å². The third-order valence-electron chi connectivity index (χ3n) is 5.45. The number of unbranched alkanes of at least 4 members (excludes halogenated alkanes) is 1. The molecule has 3 rings (SSSR count). The van der Waals surface area contributed by atoms with Crippen molar-refractivity contribution in [3.05, 3.63) is 35.6 Å². The van der Waals surface area contributed by atoms with E-state index in [1.54, 1.807) is 12.1 Å². The Hall–Kier alpha value is -1.01. The molecule has 1 aromatic rings. The molecular formula is C22H33FO4. The molecule has 1 unspecified atom stereocenters. The second-order valence-corrected chi connectivity index (χ2v) is 7.66. The summed E-state index contributed by atoms with van der Waals surface area (Å²) in [6.45, 7) is 6.64. The van der Waals surface area contributed by atoms with Crippen LogP contribution in [0.1, 0.15) is 71.3 Å². The molecule has 27 heavy (non-hydrogen) atoms. The van der Waals surface area contributed by atoms with Gasteiger partial charge in [-0.1, -0.05) is 58.2 Å². The lowest BCUT2D eigenvalue weighted by molar-refractivity contribution is -0.244. The van der Waals surface area contributed by atoms with Gasteiger partial charge in [0.1, 0.15) is 18.0 Å². The second-order valence-electron chi connectivity index (χ2n) is 7.66. The highest BCUT2D eigenvalue weighted by Crippen LogP contribution is 2.44. The second kappa shape index (κ2) is 9.46. The predicted octanol–water partition coefficient (Wildman–Crippen LogP) is 5.34. The van der Waals surface area contributed by atoms with E-state index in [0.717, 1.165) is 44.9 Å². The van der Waals surface area contributed by atoms with Gasteiger partial charge in [-0.25, -0.2) is 4.39 Å². The van der Waals surface area contributed by atoms with Crippen molar-refractivity contribution in [2.45, 2.75) is 103 Å². The third-order valence-corrected chi connectivity index (χ3v) is 5.45. The number of rotatable bonds is 10. The van der Waals surface area contributed by atoms with Gasteiger partial charge in [-0.3, -0.25) is 0 Å². The molecule has 0 aliphatic carbocycles. The van der Waals surface area contributed by atoms with Crippen LogP contribution in [0.4, 0.5) is 4.39 Å². The summed E-state index contributed by atoms with van der Waals surface area (Å²) in [5.41, 5.74) is 0.556. The fraction of sp³-hybridized carbons (Fsp3) is 0.727. The largest absolute Gasteiger partial charge is 0.368 e. The van der Waals surface area contributed by atoms with Gasteiger partial charge in [0, 0.05) is 18.4 Å². The predicted molar refractivity (Wildman–Crippen MR) is 102 cm³/mol. The van der Waals surface area contributed by atoms with Gasteiger partial charge in [0.05, 0.1) is 12.7 Å². The highest BCUT2D eigenvalue weighted by Gasteiger charge is 2.57. The van der Waals surface area contributed by atoms with E-state index in [4.69, 9.17) is 18.9 Å². The molecule has 0 spiro atoms. The highest BCUT2D eigenvalue weighted by atomic mass is 19.1. The molecule has 2 saturated heterocycles. The van der Waals surface area contributed by atoms with Gasteiger partial charge in [-0.2, -0.15) is 0 Å². The number of hydrogen-bond donors (Lipinski definition) is 0. The summed E-state index contributed by atoms with van der Waals surface area (Å²) in [6.07, 6.45) is 5.75. The number of hydrogen-bond acceptors (Lipinski definition) is 4. The van der Waals surface area contributed by atoms with Crippen LogP contribution >= 0.6 is 0 Å². The minimum Gasteiger partial charge on any atom is -0.368 e. The minimum absolute atomic E-state index is 0.0809. The topological polar surface area (TPSA) is 36.9 Å². The Morgan fingerprint density at radius 3 is 2.56 bits per heavy atom. The average Bonchev–Trinajstić information content (AvgIpc) is 3.15. The Morgan fingerprint density at radius 1 is 1.04 bits per heavy atom. The smallest absolute Gasteiger partial charge is 0.190 e. The third kappa shape index (κ3) is 4.70. The van der Waals surface area contributed by atoms with Crippen LogP contribution in [0.25, 0.3) is 0 Å². The van der Waals surface area contributed by atoms with E-state index in [9.17, 15) is 4.39 Å². The maximum Gasteiger partial charge on any atom is 0.190 e. The van der Waals surface area contributed by atoms with E-state index in [-0.39, 0.29) is 30.7 Å². The number of fused-ring (bicyclic) bond motifs is 1. The minimum atomic E-state index is -0.573. The quantitative estimate of drug-likeness (QED) is 0.549. The van der Waals surface area contributed by atoms with Crippen LogP contribution in [0.15, 0.2) is 24.3 Å². The van der Waals surface area contributed by atoms with Gasteiger partial charge in [0.15, 0.2) is 12.1 Å². The molecule has 2 aliphatic heterocycles. The molecule has 2 aliphatic rings. The fourth-order valence-electron chi connectivity index (χ4n) is 4.11. The first-order valence-electron chi connectivity index (χ1n) is 10.5. The van der Waals surface area contributed by atoms with E-state index in [1.165, 1.54) is 6.07 Å². The van der Waals surface area contributed by atoms with Crippen molar-refractivity contribution in [2.75, 3.05) is 0 Å². The summed E-state index contributed by atoms with van der Waals surface area (Å²) in [6, 6.07) is 6.73. The summed E-state index contributed by atoms with van der Waals surface area (Å²) < 4.78 is 39.1. The van der Waals surface area contributed by atoms with E-state index in [0.29, 0.717) is 5.56 Å². The molecule has 152 valence electrons. The molecule has 0 N–H and O–H groups in total. The summed E-state index contributed by atoms with van der Waals surface area (Å²) in [7, 11) is 0. The SMILES string of the molecule is CCCCC1(CCC)O[C@H]2O[C@H](CCC)[C@H](OCc3ccccc3F)[C@H]2O1. The number of halogens is 1. The summed E-state index contributed by atoms with van der Waals surface area (Å²) in [5, 5.41) is 0. The maximum absolute atomic E-state index is 14.0. The maximum atomic E-state index is 14.0. The molecule has 2 fully saturated rings. The average molecular weight is 381 g/mol. The summed E-state index contributed by atoms with van der Waals surface area (Å²) >= 11 is 0. The Morgan fingerprint density at radius 2 is 1.85 bits per heavy atom. The lowest BCUT2D eigenvalue weighted by Crippen LogP contribution is -2.39. The molecule has 5 heteroatoms. The van der Waals surface area contributed by atoms with Crippen LogP contribution in [-0.4, -0.2) is 30.4 Å².